The molecule has 1 atom stereocenters. The van der Waals surface area contributed by atoms with E-state index in [1.54, 1.807) is 0 Å². The van der Waals surface area contributed by atoms with Gasteiger partial charge in [0, 0.05) is 18.8 Å². The predicted molar refractivity (Wildman–Crippen MR) is 76.5 cm³/mol. The first-order valence-corrected chi connectivity index (χ1v) is 7.32. The van der Waals surface area contributed by atoms with Crippen molar-refractivity contribution in [2.24, 2.45) is 5.92 Å². The summed E-state index contributed by atoms with van der Waals surface area (Å²) in [5, 5.41) is 3.60. The first kappa shape index (κ1) is 16.9. The maximum atomic E-state index is 5.66. The number of unbranched alkanes of at least 4 members (excludes halogenated alkanes) is 1. The zero-order chi connectivity index (χ0) is 13.1. The van der Waals surface area contributed by atoms with Crippen LogP contribution in [0.25, 0.3) is 0 Å². The summed E-state index contributed by atoms with van der Waals surface area (Å²) in [7, 11) is 0. The Kier molecular flexibility index (Phi) is 9.85. The number of hydrogen-bond acceptors (Lipinski definition) is 2. The summed E-state index contributed by atoms with van der Waals surface area (Å²) < 4.78 is 5.66. The molecule has 0 spiro atoms. The Morgan fingerprint density at radius 2 is 1.71 bits per heavy atom. The molecular formula is C15H33NO. The first-order valence-electron chi connectivity index (χ1n) is 7.32. The molecule has 0 amide bonds. The predicted octanol–water partition coefficient (Wildman–Crippen LogP) is 4.00. The maximum absolute atomic E-state index is 5.66. The molecule has 0 aromatic carbocycles. The molecule has 0 radical (unpaired) electrons. The van der Waals surface area contributed by atoms with Crippen molar-refractivity contribution in [1.82, 2.24) is 5.32 Å². The van der Waals surface area contributed by atoms with Crippen molar-refractivity contribution >= 4 is 0 Å². The van der Waals surface area contributed by atoms with Gasteiger partial charge in [0.05, 0.1) is 0 Å². The lowest BCUT2D eigenvalue weighted by molar-refractivity contribution is 0.114. The Balaban J connectivity index is 3.67. The van der Waals surface area contributed by atoms with Crippen LogP contribution in [-0.2, 0) is 4.74 Å². The van der Waals surface area contributed by atoms with E-state index in [2.05, 4.69) is 39.9 Å². The lowest BCUT2D eigenvalue weighted by Crippen LogP contribution is -2.39. The summed E-state index contributed by atoms with van der Waals surface area (Å²) >= 11 is 0. The second-order valence-electron chi connectivity index (χ2n) is 6.04. The minimum atomic E-state index is 0.231. The van der Waals surface area contributed by atoms with E-state index < -0.39 is 0 Å². The number of hydrogen-bond donors (Lipinski definition) is 1. The fourth-order valence-electron chi connectivity index (χ4n) is 1.81. The van der Waals surface area contributed by atoms with Crippen LogP contribution in [0.1, 0.15) is 66.7 Å². The number of rotatable bonds is 10. The topological polar surface area (TPSA) is 21.3 Å². The zero-order valence-corrected chi connectivity index (χ0v) is 12.6. The molecular weight excluding hydrogens is 210 g/mol. The first-order chi connectivity index (χ1) is 7.99. The Morgan fingerprint density at radius 3 is 2.24 bits per heavy atom. The van der Waals surface area contributed by atoms with Gasteiger partial charge in [0.2, 0.25) is 0 Å². The molecule has 0 bridgehead atoms. The average Bonchev–Trinajstić information content (AvgIpc) is 2.24. The zero-order valence-electron chi connectivity index (χ0n) is 12.6. The van der Waals surface area contributed by atoms with Crippen LogP contribution in [-0.4, -0.2) is 25.3 Å². The van der Waals surface area contributed by atoms with Gasteiger partial charge < -0.3 is 10.1 Å². The highest BCUT2D eigenvalue weighted by Crippen LogP contribution is 2.12. The highest BCUT2D eigenvalue weighted by Gasteiger charge is 2.13. The van der Waals surface area contributed by atoms with E-state index in [1.165, 1.54) is 32.1 Å². The Morgan fingerprint density at radius 1 is 1.00 bits per heavy atom. The lowest BCUT2D eigenvalue weighted by Gasteiger charge is -2.25. The van der Waals surface area contributed by atoms with Crippen molar-refractivity contribution in [3.8, 4) is 0 Å². The van der Waals surface area contributed by atoms with Gasteiger partial charge in [-0.25, -0.2) is 0 Å². The number of ether oxygens (including phenoxy) is 1. The SMILES string of the molecule is CCCCOCCC(CCC)CNC(C)(C)C. The fraction of sp³-hybridized carbons (Fsp3) is 1.00. The minimum absolute atomic E-state index is 0.231. The van der Waals surface area contributed by atoms with E-state index in [0.29, 0.717) is 0 Å². The highest BCUT2D eigenvalue weighted by molar-refractivity contribution is 4.73. The molecule has 2 heteroatoms. The van der Waals surface area contributed by atoms with Crippen LogP contribution in [0.15, 0.2) is 0 Å². The third kappa shape index (κ3) is 12.2. The summed E-state index contributed by atoms with van der Waals surface area (Å²) in [6, 6.07) is 0. The molecule has 2 nitrogen and oxygen atoms in total. The summed E-state index contributed by atoms with van der Waals surface area (Å²) in [6.45, 7) is 14.1. The van der Waals surface area contributed by atoms with Crippen LogP contribution >= 0.6 is 0 Å². The molecule has 0 fully saturated rings. The molecule has 17 heavy (non-hydrogen) atoms. The summed E-state index contributed by atoms with van der Waals surface area (Å²) in [4.78, 5) is 0. The molecule has 0 saturated carbocycles. The number of nitrogens with one attached hydrogen (secondary N) is 1. The third-order valence-electron chi connectivity index (χ3n) is 2.93. The van der Waals surface area contributed by atoms with Gasteiger partial charge in [0.15, 0.2) is 0 Å². The maximum Gasteiger partial charge on any atom is 0.0469 e. The van der Waals surface area contributed by atoms with Gasteiger partial charge in [-0.1, -0.05) is 26.7 Å². The van der Waals surface area contributed by atoms with Crippen LogP contribution in [0.4, 0.5) is 0 Å². The van der Waals surface area contributed by atoms with Crippen molar-refractivity contribution < 1.29 is 4.74 Å². The normalized spacial score (nSPS) is 13.9. The van der Waals surface area contributed by atoms with Crippen LogP contribution in [0.5, 0.6) is 0 Å². The van der Waals surface area contributed by atoms with Crippen molar-refractivity contribution in [2.45, 2.75) is 72.3 Å². The van der Waals surface area contributed by atoms with Crippen molar-refractivity contribution in [3.05, 3.63) is 0 Å². The van der Waals surface area contributed by atoms with Gasteiger partial charge >= 0.3 is 0 Å². The molecule has 104 valence electrons. The van der Waals surface area contributed by atoms with Crippen LogP contribution in [0, 0.1) is 5.92 Å². The van der Waals surface area contributed by atoms with Crippen LogP contribution in [0.3, 0.4) is 0 Å². The van der Waals surface area contributed by atoms with Crippen LogP contribution < -0.4 is 5.32 Å². The molecule has 0 saturated heterocycles. The van der Waals surface area contributed by atoms with Gasteiger partial charge in [0.25, 0.3) is 0 Å². The summed E-state index contributed by atoms with van der Waals surface area (Å²) in [6.07, 6.45) is 6.19. The van der Waals surface area contributed by atoms with Gasteiger partial charge in [-0.2, -0.15) is 0 Å². The summed E-state index contributed by atoms with van der Waals surface area (Å²) in [5.74, 6) is 0.765. The van der Waals surface area contributed by atoms with E-state index in [0.717, 1.165) is 25.7 Å². The molecule has 0 aromatic heterocycles. The molecule has 0 aliphatic carbocycles. The second kappa shape index (κ2) is 9.90. The largest absolute Gasteiger partial charge is 0.381 e. The van der Waals surface area contributed by atoms with Crippen molar-refractivity contribution in [3.63, 3.8) is 0 Å². The van der Waals surface area contributed by atoms with Crippen molar-refractivity contribution in [1.29, 1.82) is 0 Å². The van der Waals surface area contributed by atoms with Crippen molar-refractivity contribution in [2.75, 3.05) is 19.8 Å². The van der Waals surface area contributed by atoms with Gasteiger partial charge in [0.1, 0.15) is 0 Å². The summed E-state index contributed by atoms with van der Waals surface area (Å²) in [5.41, 5.74) is 0.231. The third-order valence-corrected chi connectivity index (χ3v) is 2.93. The molecule has 0 aliphatic heterocycles. The van der Waals surface area contributed by atoms with Gasteiger partial charge in [-0.3, -0.25) is 0 Å². The quantitative estimate of drug-likeness (QED) is 0.586. The molecule has 0 rings (SSSR count). The lowest BCUT2D eigenvalue weighted by atomic mass is 9.98. The fourth-order valence-corrected chi connectivity index (χ4v) is 1.81. The second-order valence-corrected chi connectivity index (χ2v) is 6.04. The van der Waals surface area contributed by atoms with Gasteiger partial charge in [-0.15, -0.1) is 0 Å². The van der Waals surface area contributed by atoms with E-state index in [1.807, 2.05) is 0 Å². The molecule has 0 aromatic rings. The van der Waals surface area contributed by atoms with Gasteiger partial charge in [-0.05, 0) is 52.5 Å². The Bertz CT molecular complexity index is 163. The van der Waals surface area contributed by atoms with E-state index in [9.17, 15) is 0 Å². The van der Waals surface area contributed by atoms with E-state index in [-0.39, 0.29) is 5.54 Å². The van der Waals surface area contributed by atoms with E-state index >= 15 is 0 Å². The minimum Gasteiger partial charge on any atom is -0.381 e. The monoisotopic (exact) mass is 243 g/mol. The molecule has 0 heterocycles. The Labute approximate surface area is 109 Å². The standard InChI is InChI=1S/C15H33NO/c1-6-8-11-17-12-10-14(9-7-2)13-16-15(3,4)5/h14,16H,6-13H2,1-5H3. The van der Waals surface area contributed by atoms with Crippen LogP contribution in [0.2, 0.25) is 0 Å². The molecule has 1 N–H and O–H groups in total. The Hall–Kier alpha value is -0.0800. The highest BCUT2D eigenvalue weighted by atomic mass is 16.5. The average molecular weight is 243 g/mol. The molecule has 0 aliphatic rings. The van der Waals surface area contributed by atoms with E-state index in [4.69, 9.17) is 4.74 Å². The smallest absolute Gasteiger partial charge is 0.0469 e. The molecule has 1 unspecified atom stereocenters.